The second kappa shape index (κ2) is 7.87. The van der Waals surface area contributed by atoms with Crippen LogP contribution in [0.15, 0.2) is 34.7 Å². The number of benzene rings is 1. The van der Waals surface area contributed by atoms with Gasteiger partial charge in [-0.1, -0.05) is 0 Å². The molecule has 3 rings (SSSR count). The van der Waals surface area contributed by atoms with Gasteiger partial charge < -0.3 is 20.0 Å². The van der Waals surface area contributed by atoms with E-state index in [4.69, 9.17) is 4.42 Å². The molecule has 2 heterocycles. The van der Waals surface area contributed by atoms with Crippen LogP contribution in [0.25, 0.3) is 0 Å². The number of amides is 2. The third-order valence-electron chi connectivity index (χ3n) is 4.37. The Kier molecular flexibility index (Phi) is 5.58. The number of thioether (sulfide) groups is 1. The molecule has 0 saturated carbocycles. The van der Waals surface area contributed by atoms with Gasteiger partial charge in [-0.2, -0.15) is 11.8 Å². The molecule has 1 aliphatic heterocycles. The number of nitrogens with zero attached hydrogens (tertiary/aromatic N) is 1. The van der Waals surface area contributed by atoms with Crippen molar-refractivity contribution in [2.24, 2.45) is 0 Å². The summed E-state index contributed by atoms with van der Waals surface area (Å²) >= 11 is 2.00. The Morgan fingerprint density at radius 2 is 1.96 bits per heavy atom. The number of hydrogen-bond donors (Lipinski definition) is 2. The molecule has 0 aliphatic carbocycles. The zero-order valence-corrected chi connectivity index (χ0v) is 15.8. The summed E-state index contributed by atoms with van der Waals surface area (Å²) in [6.07, 6.45) is 0. The van der Waals surface area contributed by atoms with Crippen LogP contribution in [0.5, 0.6) is 0 Å². The normalized spacial score (nSPS) is 15.7. The van der Waals surface area contributed by atoms with Crippen molar-refractivity contribution in [2.75, 3.05) is 34.8 Å². The lowest BCUT2D eigenvalue weighted by molar-refractivity contribution is 0.247. The molecule has 0 radical (unpaired) electrons. The van der Waals surface area contributed by atoms with Crippen LogP contribution in [-0.4, -0.2) is 30.6 Å². The summed E-state index contributed by atoms with van der Waals surface area (Å²) in [5.41, 5.74) is 3.12. The van der Waals surface area contributed by atoms with Crippen molar-refractivity contribution in [3.63, 3.8) is 0 Å². The molecule has 2 N–H and O–H groups in total. The lowest BCUT2D eigenvalue weighted by atomic mass is 10.1. The van der Waals surface area contributed by atoms with Gasteiger partial charge in [0.1, 0.15) is 11.5 Å². The molecule has 1 aromatic heterocycles. The maximum absolute atomic E-state index is 12.3. The Morgan fingerprint density at radius 3 is 2.60 bits per heavy atom. The molecule has 1 fully saturated rings. The number of urea groups is 1. The minimum absolute atomic E-state index is 0.181. The molecule has 1 saturated heterocycles. The van der Waals surface area contributed by atoms with Gasteiger partial charge in [0.2, 0.25) is 0 Å². The molecule has 5 nitrogen and oxygen atoms in total. The average Bonchev–Trinajstić information content (AvgIpc) is 3.04. The number of rotatable bonds is 4. The number of hydrogen-bond acceptors (Lipinski definition) is 4. The van der Waals surface area contributed by atoms with E-state index in [9.17, 15) is 4.79 Å². The predicted molar refractivity (Wildman–Crippen MR) is 105 cm³/mol. The van der Waals surface area contributed by atoms with Crippen molar-refractivity contribution >= 4 is 29.2 Å². The molecule has 0 spiro atoms. The summed E-state index contributed by atoms with van der Waals surface area (Å²) in [4.78, 5) is 14.7. The molecule has 1 aliphatic rings. The van der Waals surface area contributed by atoms with Crippen LogP contribution in [0, 0.1) is 13.8 Å². The first-order valence-electron chi connectivity index (χ1n) is 8.60. The first-order valence-corrected chi connectivity index (χ1v) is 9.75. The molecule has 2 aromatic rings. The van der Waals surface area contributed by atoms with Gasteiger partial charge in [-0.15, -0.1) is 0 Å². The number of nitrogens with one attached hydrogen (secondary N) is 2. The fourth-order valence-electron chi connectivity index (χ4n) is 2.92. The van der Waals surface area contributed by atoms with Crippen molar-refractivity contribution in [2.45, 2.75) is 26.8 Å². The van der Waals surface area contributed by atoms with Gasteiger partial charge in [-0.3, -0.25) is 0 Å². The SMILES string of the molecule is Cc1ccc(C(C)NC(=O)Nc2ccc(N3CCSCC3)cc2C)o1. The van der Waals surface area contributed by atoms with Gasteiger partial charge in [0.15, 0.2) is 0 Å². The van der Waals surface area contributed by atoms with Crippen molar-refractivity contribution in [1.82, 2.24) is 5.32 Å². The fraction of sp³-hybridized carbons (Fsp3) is 0.421. The van der Waals surface area contributed by atoms with Crippen molar-refractivity contribution in [3.05, 3.63) is 47.4 Å². The van der Waals surface area contributed by atoms with Gasteiger partial charge in [-0.25, -0.2) is 4.79 Å². The van der Waals surface area contributed by atoms with Gasteiger partial charge >= 0.3 is 6.03 Å². The molecular formula is C19H25N3O2S. The number of furan rings is 1. The Balaban J connectivity index is 1.61. The van der Waals surface area contributed by atoms with E-state index in [1.807, 2.05) is 50.7 Å². The van der Waals surface area contributed by atoms with Crippen LogP contribution in [0.4, 0.5) is 16.2 Å². The van der Waals surface area contributed by atoms with Gasteiger partial charge in [0.25, 0.3) is 0 Å². The Labute approximate surface area is 153 Å². The van der Waals surface area contributed by atoms with Crippen molar-refractivity contribution in [3.8, 4) is 0 Å². The number of aryl methyl sites for hydroxylation is 2. The summed E-state index contributed by atoms with van der Waals surface area (Å²) in [7, 11) is 0. The van der Waals surface area contributed by atoms with E-state index in [1.54, 1.807) is 0 Å². The zero-order chi connectivity index (χ0) is 17.8. The molecule has 1 aromatic carbocycles. The summed E-state index contributed by atoms with van der Waals surface area (Å²) in [5.74, 6) is 3.94. The maximum Gasteiger partial charge on any atom is 0.319 e. The van der Waals surface area contributed by atoms with Crippen LogP contribution in [-0.2, 0) is 0 Å². The highest BCUT2D eigenvalue weighted by molar-refractivity contribution is 7.99. The highest BCUT2D eigenvalue weighted by Gasteiger charge is 2.15. The first kappa shape index (κ1) is 17.7. The molecule has 1 atom stereocenters. The van der Waals surface area contributed by atoms with Crippen LogP contribution >= 0.6 is 11.8 Å². The maximum atomic E-state index is 12.3. The lowest BCUT2D eigenvalue weighted by Crippen LogP contribution is -2.33. The van der Waals surface area contributed by atoms with Crippen LogP contribution in [0.1, 0.15) is 30.0 Å². The van der Waals surface area contributed by atoms with Gasteiger partial charge in [0, 0.05) is 36.0 Å². The Morgan fingerprint density at radius 1 is 1.20 bits per heavy atom. The summed E-state index contributed by atoms with van der Waals surface area (Å²) in [6.45, 7) is 7.98. The third-order valence-corrected chi connectivity index (χ3v) is 5.31. The van der Waals surface area contributed by atoms with E-state index in [0.29, 0.717) is 0 Å². The van der Waals surface area contributed by atoms with Crippen LogP contribution < -0.4 is 15.5 Å². The van der Waals surface area contributed by atoms with Crippen LogP contribution in [0.2, 0.25) is 0 Å². The summed E-state index contributed by atoms with van der Waals surface area (Å²) in [5, 5.41) is 5.84. The van der Waals surface area contributed by atoms with Crippen molar-refractivity contribution in [1.29, 1.82) is 0 Å². The third kappa shape index (κ3) is 4.51. The molecule has 6 heteroatoms. The monoisotopic (exact) mass is 359 g/mol. The largest absolute Gasteiger partial charge is 0.464 e. The Bertz CT molecular complexity index is 738. The van der Waals surface area contributed by atoms with E-state index in [-0.39, 0.29) is 12.1 Å². The molecule has 25 heavy (non-hydrogen) atoms. The number of carbonyl (C=O) groups excluding carboxylic acids is 1. The topological polar surface area (TPSA) is 57.5 Å². The minimum atomic E-state index is -0.230. The van der Waals surface area contributed by atoms with E-state index in [0.717, 1.165) is 35.9 Å². The molecule has 2 amide bonds. The quantitative estimate of drug-likeness (QED) is 0.853. The van der Waals surface area contributed by atoms with Crippen molar-refractivity contribution < 1.29 is 9.21 Å². The first-order chi connectivity index (χ1) is 12.0. The van der Waals surface area contributed by atoms with E-state index >= 15 is 0 Å². The molecule has 0 bridgehead atoms. The lowest BCUT2D eigenvalue weighted by Gasteiger charge is -2.29. The van der Waals surface area contributed by atoms with E-state index in [2.05, 4.69) is 27.7 Å². The average molecular weight is 359 g/mol. The highest BCUT2D eigenvalue weighted by Crippen LogP contribution is 2.25. The molecule has 134 valence electrons. The highest BCUT2D eigenvalue weighted by atomic mass is 32.2. The molecule has 1 unspecified atom stereocenters. The Hall–Kier alpha value is -2.08. The summed E-state index contributed by atoms with van der Waals surface area (Å²) in [6, 6.07) is 9.58. The van der Waals surface area contributed by atoms with E-state index < -0.39 is 0 Å². The number of anilines is 2. The standard InChI is InChI=1S/C19H25N3O2S/c1-13-12-16(22-8-10-25-11-9-22)5-6-17(13)21-19(23)20-15(3)18-7-4-14(2)24-18/h4-7,12,15H,8-11H2,1-3H3,(H2,20,21,23). The number of carbonyl (C=O) groups is 1. The minimum Gasteiger partial charge on any atom is -0.464 e. The van der Waals surface area contributed by atoms with E-state index in [1.165, 1.54) is 17.2 Å². The molecular weight excluding hydrogens is 334 g/mol. The predicted octanol–water partition coefficient (Wildman–Crippen LogP) is 4.33. The zero-order valence-electron chi connectivity index (χ0n) is 15.0. The fourth-order valence-corrected chi connectivity index (χ4v) is 3.82. The second-order valence-corrected chi connectivity index (χ2v) is 7.59. The second-order valence-electron chi connectivity index (χ2n) is 6.37. The van der Waals surface area contributed by atoms with Gasteiger partial charge in [0.05, 0.1) is 6.04 Å². The smallest absolute Gasteiger partial charge is 0.319 e. The van der Waals surface area contributed by atoms with Gasteiger partial charge in [-0.05, 0) is 56.7 Å². The summed E-state index contributed by atoms with van der Waals surface area (Å²) < 4.78 is 5.55. The van der Waals surface area contributed by atoms with Crippen LogP contribution in [0.3, 0.4) is 0 Å².